The van der Waals surface area contributed by atoms with Gasteiger partial charge in [0.2, 0.25) is 0 Å². The fourth-order valence-corrected chi connectivity index (χ4v) is 6.51. The summed E-state index contributed by atoms with van der Waals surface area (Å²) in [5, 5.41) is 27.4. The Morgan fingerprint density at radius 2 is 1.19 bits per heavy atom. The third kappa shape index (κ3) is 6.37. The van der Waals surface area contributed by atoms with E-state index in [-0.39, 0.29) is 12.1 Å². The molecule has 0 radical (unpaired) electrons. The summed E-state index contributed by atoms with van der Waals surface area (Å²) in [6.07, 6.45) is 2.09. The van der Waals surface area contributed by atoms with Gasteiger partial charge < -0.3 is 20.8 Å². The molecule has 2 heterocycles. The monoisotopic (exact) mass is 694 g/mol. The molecule has 8 nitrogen and oxygen atoms in total. The molecule has 10 heteroatoms. The zero-order chi connectivity index (χ0) is 30.0. The quantitative estimate of drug-likeness (QED) is 0.184. The molecule has 4 N–H and O–H groups in total. The molecule has 42 heavy (non-hydrogen) atoms. The number of hydrogen-bond acceptors (Lipinski definition) is 8. The fraction of sp³-hybridized carbons (Fsp3) is 0.375. The molecule has 0 unspecified atom stereocenters. The molecule has 2 aromatic carbocycles. The van der Waals surface area contributed by atoms with E-state index in [4.69, 9.17) is 0 Å². The van der Waals surface area contributed by atoms with Crippen LogP contribution in [0.3, 0.4) is 0 Å². The molecular formula is C32H36Br2N6O2. The minimum absolute atomic E-state index is 0.124. The lowest BCUT2D eigenvalue weighted by atomic mass is 10.1. The van der Waals surface area contributed by atoms with Gasteiger partial charge in [0.1, 0.15) is 20.8 Å². The van der Waals surface area contributed by atoms with Crippen LogP contribution in [0.4, 0.5) is 11.6 Å². The van der Waals surface area contributed by atoms with Crippen molar-refractivity contribution < 1.29 is 10.2 Å². The van der Waals surface area contributed by atoms with Crippen LogP contribution in [0.15, 0.2) is 57.7 Å². The van der Waals surface area contributed by atoms with Crippen LogP contribution in [-0.4, -0.2) is 42.4 Å². The highest BCUT2D eigenvalue weighted by atomic mass is 79.9. The van der Waals surface area contributed by atoms with Crippen molar-refractivity contribution >= 4 is 43.5 Å². The summed E-state index contributed by atoms with van der Waals surface area (Å²) in [5.41, 5.74) is 8.18. The molecule has 0 amide bonds. The van der Waals surface area contributed by atoms with Gasteiger partial charge >= 0.3 is 0 Å². The maximum Gasteiger partial charge on any atom is 0.148 e. The Kier molecular flexibility index (Phi) is 9.57. The number of aliphatic hydroxyl groups excluding tert-OH is 2. The van der Waals surface area contributed by atoms with Gasteiger partial charge in [-0.2, -0.15) is 0 Å². The summed E-state index contributed by atoms with van der Waals surface area (Å²) in [6, 6.07) is 16.0. The summed E-state index contributed by atoms with van der Waals surface area (Å²) < 4.78 is 1.57. The van der Waals surface area contributed by atoms with Crippen LogP contribution in [0, 0.1) is 13.8 Å². The van der Waals surface area contributed by atoms with E-state index in [1.165, 1.54) is 11.1 Å². The maximum atomic E-state index is 10.3. The second-order valence-corrected chi connectivity index (χ2v) is 12.2. The Hall–Kier alpha value is -2.92. The highest BCUT2D eigenvalue weighted by Gasteiger charge is 2.32. The summed E-state index contributed by atoms with van der Waals surface area (Å²) >= 11 is 6.86. The lowest BCUT2D eigenvalue weighted by Crippen LogP contribution is -2.23. The van der Waals surface area contributed by atoms with Crippen molar-refractivity contribution in [3.8, 4) is 0 Å². The zero-order valence-corrected chi connectivity index (χ0v) is 27.4. The second kappa shape index (κ2) is 13.2. The van der Waals surface area contributed by atoms with Gasteiger partial charge in [0.05, 0.1) is 47.1 Å². The van der Waals surface area contributed by atoms with E-state index in [9.17, 15) is 10.2 Å². The molecule has 2 aliphatic rings. The Balaban J connectivity index is 0.000000168. The number of rotatable bonds is 6. The number of nitrogens with zero attached hydrogens (tertiary/aromatic N) is 4. The van der Waals surface area contributed by atoms with Gasteiger partial charge in [0, 0.05) is 12.8 Å². The maximum absolute atomic E-state index is 10.3. The molecule has 0 saturated carbocycles. The third-order valence-corrected chi connectivity index (χ3v) is 9.23. The number of halogens is 2. The van der Waals surface area contributed by atoms with Crippen molar-refractivity contribution in [3.63, 3.8) is 0 Å². The van der Waals surface area contributed by atoms with Crippen LogP contribution >= 0.6 is 31.9 Å². The number of aromatic nitrogens is 4. The van der Waals surface area contributed by atoms with Crippen molar-refractivity contribution in [2.24, 2.45) is 0 Å². The van der Waals surface area contributed by atoms with Crippen molar-refractivity contribution in [2.75, 3.05) is 10.6 Å². The Bertz CT molecular complexity index is 1580. The Morgan fingerprint density at radius 1 is 0.667 bits per heavy atom. The van der Waals surface area contributed by atoms with Crippen molar-refractivity contribution in [3.05, 3.63) is 103 Å². The largest absolute Gasteiger partial charge is 0.390 e. The standard InChI is InChI=1S/2C16H18BrN3O/c1-3-12-15(17)18-9(2)16(19-12)20-14-11-7-5-4-6-10(11)8-13(14)21;1-3-12-16(18-9(2)15(17)19-12)20-14-11-7-5-4-6-10(11)8-13(14)21/h4-7,13-14,21H,3,8H2,1-2H3,(H,19,20);4-7,13-14,21H,3,8H2,1-2H3,(H,18,20)/t2*13-,14+/m00/s1. The number of nitrogens with one attached hydrogen (secondary N) is 2. The van der Waals surface area contributed by atoms with E-state index in [0.717, 1.165) is 67.6 Å². The van der Waals surface area contributed by atoms with Gasteiger partial charge in [-0.15, -0.1) is 0 Å². The molecule has 4 aromatic rings. The third-order valence-electron chi connectivity index (χ3n) is 7.84. The molecule has 0 bridgehead atoms. The van der Waals surface area contributed by atoms with E-state index >= 15 is 0 Å². The van der Waals surface area contributed by atoms with Gasteiger partial charge in [0.15, 0.2) is 0 Å². The van der Waals surface area contributed by atoms with Gasteiger partial charge in [-0.1, -0.05) is 62.4 Å². The normalized spacial score (nSPS) is 20.4. The highest BCUT2D eigenvalue weighted by Crippen LogP contribution is 2.36. The topological polar surface area (TPSA) is 116 Å². The van der Waals surface area contributed by atoms with Crippen LogP contribution in [-0.2, 0) is 25.7 Å². The first kappa shape index (κ1) is 30.5. The van der Waals surface area contributed by atoms with E-state index in [2.05, 4.69) is 93.6 Å². The summed E-state index contributed by atoms with van der Waals surface area (Å²) in [5.74, 6) is 1.51. The molecule has 0 spiro atoms. The number of benzene rings is 2. The molecule has 0 saturated heterocycles. The SMILES string of the molecule is CCc1nc(Br)c(C)nc1N[C@@H]1c2ccccc2C[C@@H]1O.CCc1nc(N[C@@H]2c3ccccc3C[C@@H]2O)c(C)nc1Br. The number of fused-ring (bicyclic) bond motifs is 2. The molecule has 2 aromatic heterocycles. The first-order chi connectivity index (χ1) is 20.2. The molecule has 220 valence electrons. The fourth-order valence-electron chi connectivity index (χ4n) is 5.57. The number of anilines is 2. The van der Waals surface area contributed by atoms with Gasteiger partial charge in [-0.05, 0) is 80.8 Å². The molecular weight excluding hydrogens is 660 g/mol. The van der Waals surface area contributed by atoms with Crippen molar-refractivity contribution in [1.29, 1.82) is 0 Å². The van der Waals surface area contributed by atoms with Crippen LogP contribution in [0.25, 0.3) is 0 Å². The highest BCUT2D eigenvalue weighted by molar-refractivity contribution is 9.10. The minimum atomic E-state index is -0.433. The summed E-state index contributed by atoms with van der Waals surface area (Å²) in [7, 11) is 0. The lowest BCUT2D eigenvalue weighted by Gasteiger charge is -2.20. The van der Waals surface area contributed by atoms with E-state index in [1.807, 2.05) is 45.0 Å². The van der Waals surface area contributed by atoms with E-state index in [0.29, 0.717) is 12.8 Å². The Labute approximate surface area is 263 Å². The van der Waals surface area contributed by atoms with Gasteiger partial charge in [-0.3, -0.25) is 0 Å². The first-order valence-corrected chi connectivity index (χ1v) is 15.9. The van der Waals surface area contributed by atoms with Crippen molar-refractivity contribution in [2.45, 2.75) is 77.7 Å². The predicted molar refractivity (Wildman–Crippen MR) is 173 cm³/mol. The van der Waals surface area contributed by atoms with Crippen molar-refractivity contribution in [1.82, 2.24) is 19.9 Å². The minimum Gasteiger partial charge on any atom is -0.390 e. The first-order valence-electron chi connectivity index (χ1n) is 14.3. The zero-order valence-electron chi connectivity index (χ0n) is 24.2. The number of aliphatic hydroxyl groups is 2. The molecule has 6 rings (SSSR count). The molecule has 2 aliphatic carbocycles. The second-order valence-electron chi connectivity index (χ2n) is 10.7. The average Bonchev–Trinajstić information content (AvgIpc) is 3.47. The molecule has 0 aliphatic heterocycles. The van der Waals surface area contributed by atoms with Crippen LogP contribution in [0.2, 0.25) is 0 Å². The van der Waals surface area contributed by atoms with Crippen LogP contribution < -0.4 is 10.6 Å². The van der Waals surface area contributed by atoms with Crippen LogP contribution in [0.1, 0.15) is 71.0 Å². The van der Waals surface area contributed by atoms with Crippen LogP contribution in [0.5, 0.6) is 0 Å². The summed E-state index contributed by atoms with van der Waals surface area (Å²) in [6.45, 7) is 7.94. The smallest absolute Gasteiger partial charge is 0.148 e. The van der Waals surface area contributed by atoms with Gasteiger partial charge in [-0.25, -0.2) is 19.9 Å². The molecule has 0 fully saturated rings. The number of aryl methyl sites for hydroxylation is 4. The summed E-state index contributed by atoms with van der Waals surface area (Å²) in [4.78, 5) is 18.2. The van der Waals surface area contributed by atoms with E-state index in [1.54, 1.807) is 0 Å². The average molecular weight is 696 g/mol. The Morgan fingerprint density at radius 3 is 1.74 bits per heavy atom. The van der Waals surface area contributed by atoms with Gasteiger partial charge in [0.25, 0.3) is 0 Å². The van der Waals surface area contributed by atoms with E-state index < -0.39 is 12.2 Å². The predicted octanol–water partition coefficient (Wildman–Crippen LogP) is 6.36. The number of hydrogen-bond donors (Lipinski definition) is 4. The lowest BCUT2D eigenvalue weighted by molar-refractivity contribution is 0.165. The molecule has 4 atom stereocenters.